The molecular formula is C12H13N5O4. The largest absolute Gasteiger partial charge is 0.497 e. The number of nitrogens with two attached hydrogens (primary N) is 1. The molecule has 1 aromatic heterocycles. The van der Waals surface area contributed by atoms with Gasteiger partial charge in [0.15, 0.2) is 0 Å². The smallest absolute Gasteiger partial charge is 0.374 e. The summed E-state index contributed by atoms with van der Waals surface area (Å²) in [6.07, 6.45) is 1.13. The van der Waals surface area contributed by atoms with Gasteiger partial charge in [-0.1, -0.05) is 12.1 Å². The molecule has 0 fully saturated rings. The molecular weight excluding hydrogens is 278 g/mol. The molecule has 2 aromatic rings. The minimum Gasteiger partial charge on any atom is -0.497 e. The average Bonchev–Trinajstić information content (AvgIpc) is 2.52. The minimum atomic E-state index is -0.657. The third-order valence-electron chi connectivity index (χ3n) is 2.62. The maximum Gasteiger partial charge on any atom is 0.374 e. The number of hydrazine groups is 1. The highest BCUT2D eigenvalue weighted by Crippen LogP contribution is 2.30. The summed E-state index contributed by atoms with van der Waals surface area (Å²) in [5.41, 5.74) is 2.51. The van der Waals surface area contributed by atoms with Crippen molar-refractivity contribution in [3.8, 4) is 11.6 Å². The van der Waals surface area contributed by atoms with Gasteiger partial charge in [-0.15, -0.1) is 0 Å². The quantitative estimate of drug-likeness (QED) is 0.463. The van der Waals surface area contributed by atoms with Crippen LogP contribution in [0.3, 0.4) is 0 Å². The normalized spacial score (nSPS) is 10.0. The molecule has 0 aliphatic rings. The van der Waals surface area contributed by atoms with E-state index in [1.165, 1.54) is 0 Å². The SMILES string of the molecule is COc1cccc(COc2ncnc(NN)c2[N+](=O)[O-])c1. The van der Waals surface area contributed by atoms with Crippen molar-refractivity contribution in [3.05, 3.63) is 46.3 Å². The van der Waals surface area contributed by atoms with Gasteiger partial charge in [0.25, 0.3) is 5.88 Å². The van der Waals surface area contributed by atoms with Gasteiger partial charge in [0.2, 0.25) is 5.82 Å². The predicted molar refractivity (Wildman–Crippen MR) is 73.8 cm³/mol. The highest BCUT2D eigenvalue weighted by Gasteiger charge is 2.23. The number of nitrogen functional groups attached to an aromatic ring is 1. The van der Waals surface area contributed by atoms with Crippen LogP contribution in [0.1, 0.15) is 5.56 Å². The van der Waals surface area contributed by atoms with Crippen molar-refractivity contribution in [2.75, 3.05) is 12.5 Å². The van der Waals surface area contributed by atoms with E-state index in [-0.39, 0.29) is 18.3 Å². The summed E-state index contributed by atoms with van der Waals surface area (Å²) in [7, 11) is 1.55. The van der Waals surface area contributed by atoms with Gasteiger partial charge in [-0.2, -0.15) is 4.98 Å². The van der Waals surface area contributed by atoms with Gasteiger partial charge in [-0.25, -0.2) is 10.8 Å². The van der Waals surface area contributed by atoms with E-state index in [0.717, 1.165) is 11.9 Å². The zero-order valence-electron chi connectivity index (χ0n) is 11.1. The third-order valence-corrected chi connectivity index (χ3v) is 2.62. The second-order valence-corrected chi connectivity index (χ2v) is 3.92. The lowest BCUT2D eigenvalue weighted by atomic mass is 10.2. The molecule has 1 aromatic carbocycles. The molecule has 1 heterocycles. The highest BCUT2D eigenvalue weighted by atomic mass is 16.6. The summed E-state index contributed by atoms with van der Waals surface area (Å²) in [5, 5.41) is 11.0. The standard InChI is InChI=1S/C12H13N5O4/c1-20-9-4-2-3-8(5-9)6-21-12-10(17(18)19)11(16-13)14-7-15-12/h2-5,7H,6,13H2,1H3,(H,14,15,16). The van der Waals surface area contributed by atoms with E-state index >= 15 is 0 Å². The van der Waals surface area contributed by atoms with Crippen LogP contribution in [-0.4, -0.2) is 22.0 Å². The third kappa shape index (κ3) is 3.34. The molecule has 0 spiro atoms. The molecule has 2 rings (SSSR count). The second kappa shape index (κ2) is 6.48. The Hall–Kier alpha value is -2.94. The number of anilines is 1. The Labute approximate surface area is 119 Å². The van der Waals surface area contributed by atoms with Crippen LogP contribution in [0.15, 0.2) is 30.6 Å². The molecule has 0 aliphatic heterocycles. The monoisotopic (exact) mass is 291 g/mol. The number of hydrogen-bond acceptors (Lipinski definition) is 8. The van der Waals surface area contributed by atoms with Gasteiger partial charge in [0.05, 0.1) is 12.0 Å². The Morgan fingerprint density at radius 1 is 1.43 bits per heavy atom. The van der Waals surface area contributed by atoms with Crippen molar-refractivity contribution in [2.45, 2.75) is 6.61 Å². The summed E-state index contributed by atoms with van der Waals surface area (Å²) in [6.45, 7) is 0.0963. The Morgan fingerprint density at radius 3 is 2.90 bits per heavy atom. The zero-order chi connectivity index (χ0) is 15.2. The number of benzene rings is 1. The number of aromatic nitrogens is 2. The molecule has 21 heavy (non-hydrogen) atoms. The molecule has 0 radical (unpaired) electrons. The van der Waals surface area contributed by atoms with E-state index in [4.69, 9.17) is 15.3 Å². The molecule has 0 saturated heterocycles. The number of hydrogen-bond donors (Lipinski definition) is 2. The Morgan fingerprint density at radius 2 is 2.24 bits per heavy atom. The van der Waals surface area contributed by atoms with Gasteiger partial charge in [-0.05, 0) is 17.7 Å². The van der Waals surface area contributed by atoms with Crippen molar-refractivity contribution >= 4 is 11.5 Å². The topological polar surface area (TPSA) is 125 Å². The van der Waals surface area contributed by atoms with Crippen molar-refractivity contribution in [1.82, 2.24) is 9.97 Å². The Bertz CT molecular complexity index is 649. The van der Waals surface area contributed by atoms with Crippen LogP contribution in [0, 0.1) is 10.1 Å². The van der Waals surface area contributed by atoms with E-state index in [2.05, 4.69) is 15.4 Å². The first-order chi connectivity index (χ1) is 10.2. The lowest BCUT2D eigenvalue weighted by Gasteiger charge is -2.08. The lowest BCUT2D eigenvalue weighted by molar-refractivity contribution is -0.385. The van der Waals surface area contributed by atoms with Crippen molar-refractivity contribution in [2.24, 2.45) is 5.84 Å². The minimum absolute atomic E-state index is 0.0963. The van der Waals surface area contributed by atoms with Gasteiger partial charge in [-0.3, -0.25) is 10.1 Å². The van der Waals surface area contributed by atoms with E-state index in [1.54, 1.807) is 31.4 Å². The van der Waals surface area contributed by atoms with Crippen LogP contribution in [0.4, 0.5) is 11.5 Å². The van der Waals surface area contributed by atoms with Crippen LogP contribution < -0.4 is 20.7 Å². The van der Waals surface area contributed by atoms with Crippen molar-refractivity contribution in [3.63, 3.8) is 0 Å². The van der Waals surface area contributed by atoms with E-state index in [0.29, 0.717) is 5.75 Å². The maximum absolute atomic E-state index is 11.0. The van der Waals surface area contributed by atoms with Gasteiger partial charge in [0, 0.05) is 0 Å². The Balaban J connectivity index is 2.21. The molecule has 0 atom stereocenters. The highest BCUT2D eigenvalue weighted by molar-refractivity contribution is 5.60. The van der Waals surface area contributed by atoms with Crippen LogP contribution >= 0.6 is 0 Å². The molecule has 9 nitrogen and oxygen atoms in total. The first kappa shape index (κ1) is 14.5. The number of nitrogens with one attached hydrogen (secondary N) is 1. The zero-order valence-corrected chi connectivity index (χ0v) is 11.1. The molecule has 110 valence electrons. The fraction of sp³-hybridized carbons (Fsp3) is 0.167. The summed E-state index contributed by atoms with van der Waals surface area (Å²) in [6, 6.07) is 7.14. The molecule has 0 aliphatic carbocycles. The second-order valence-electron chi connectivity index (χ2n) is 3.92. The summed E-state index contributed by atoms with van der Waals surface area (Å²) < 4.78 is 10.5. The number of ether oxygens (including phenoxy) is 2. The van der Waals surface area contributed by atoms with Crippen LogP contribution in [0.5, 0.6) is 11.6 Å². The Kier molecular flexibility index (Phi) is 4.46. The molecule has 0 bridgehead atoms. The average molecular weight is 291 g/mol. The first-order valence-corrected chi connectivity index (χ1v) is 5.87. The fourth-order valence-electron chi connectivity index (χ4n) is 1.65. The number of rotatable bonds is 6. The number of nitrogens with zero attached hydrogens (tertiary/aromatic N) is 3. The molecule has 3 N–H and O–H groups in total. The van der Waals surface area contributed by atoms with Gasteiger partial charge < -0.3 is 14.9 Å². The summed E-state index contributed by atoms with van der Waals surface area (Å²) >= 11 is 0. The first-order valence-electron chi connectivity index (χ1n) is 5.87. The number of nitro groups is 1. The van der Waals surface area contributed by atoms with E-state index < -0.39 is 10.6 Å². The summed E-state index contributed by atoms with van der Waals surface area (Å²) in [4.78, 5) is 17.8. The lowest BCUT2D eigenvalue weighted by Crippen LogP contribution is -2.12. The molecule has 0 saturated carbocycles. The number of methoxy groups -OCH3 is 1. The van der Waals surface area contributed by atoms with Crippen LogP contribution in [-0.2, 0) is 6.61 Å². The van der Waals surface area contributed by atoms with Crippen LogP contribution in [0.2, 0.25) is 0 Å². The maximum atomic E-state index is 11.0. The van der Waals surface area contributed by atoms with E-state index in [1.807, 2.05) is 0 Å². The van der Waals surface area contributed by atoms with Crippen molar-refractivity contribution in [1.29, 1.82) is 0 Å². The van der Waals surface area contributed by atoms with Gasteiger partial charge in [0.1, 0.15) is 18.7 Å². The van der Waals surface area contributed by atoms with Crippen molar-refractivity contribution < 1.29 is 14.4 Å². The van der Waals surface area contributed by atoms with E-state index in [9.17, 15) is 10.1 Å². The molecule has 0 unspecified atom stereocenters. The van der Waals surface area contributed by atoms with Gasteiger partial charge >= 0.3 is 5.69 Å². The summed E-state index contributed by atoms with van der Waals surface area (Å²) in [5.74, 6) is 5.57. The molecule has 0 amide bonds. The fourth-order valence-corrected chi connectivity index (χ4v) is 1.65. The molecule has 9 heteroatoms. The predicted octanol–water partition coefficient (Wildman–Crippen LogP) is 1.26. The van der Waals surface area contributed by atoms with Crippen LogP contribution in [0.25, 0.3) is 0 Å².